The summed E-state index contributed by atoms with van der Waals surface area (Å²) in [7, 11) is 0. The Hall–Kier alpha value is -3.22. The van der Waals surface area contributed by atoms with Crippen LogP contribution in [0, 0.1) is 0 Å². The van der Waals surface area contributed by atoms with Gasteiger partial charge in [-0.3, -0.25) is 9.36 Å². The van der Waals surface area contributed by atoms with Crippen LogP contribution < -0.4 is 5.32 Å². The minimum Gasteiger partial charge on any atom is -0.358 e. The molecule has 1 atom stereocenters. The van der Waals surface area contributed by atoms with Gasteiger partial charge in [-0.05, 0) is 61.6 Å². The first-order valence-electron chi connectivity index (χ1n) is 10.7. The van der Waals surface area contributed by atoms with Gasteiger partial charge in [0.1, 0.15) is 5.82 Å². The average molecular weight is 422 g/mol. The summed E-state index contributed by atoms with van der Waals surface area (Å²) in [6.45, 7) is -0.674. The number of hydrogen-bond acceptors (Lipinski definition) is 2. The summed E-state index contributed by atoms with van der Waals surface area (Å²) >= 11 is 0. The number of carbonyl (C=O) groups is 1. The Morgan fingerprint density at radius 2 is 2.00 bits per heavy atom. The van der Waals surface area contributed by atoms with E-state index in [1.807, 2.05) is 12.1 Å². The first-order chi connectivity index (χ1) is 15.0. The number of nitrogens with one attached hydrogen (secondary N) is 2. The van der Waals surface area contributed by atoms with Gasteiger partial charge in [-0.25, -0.2) is 4.98 Å². The van der Waals surface area contributed by atoms with Crippen LogP contribution in [0.15, 0.2) is 42.5 Å². The topological polar surface area (TPSA) is 62.7 Å². The molecule has 5 rings (SSSR count). The van der Waals surface area contributed by atoms with Crippen molar-refractivity contribution in [2.24, 2.45) is 0 Å². The van der Waals surface area contributed by atoms with Crippen LogP contribution in [0.5, 0.6) is 0 Å². The summed E-state index contributed by atoms with van der Waals surface area (Å²) in [5.41, 5.74) is 5.15. The predicted molar refractivity (Wildman–Crippen MR) is 117 cm³/mol. The summed E-state index contributed by atoms with van der Waals surface area (Å²) in [5.74, 6) is -0.306. The molecule has 2 aromatic heterocycles. The van der Waals surface area contributed by atoms with Crippen LogP contribution in [0.4, 0.5) is 8.78 Å². The molecule has 1 aliphatic rings. The molecule has 1 amide bonds. The highest BCUT2D eigenvalue weighted by Gasteiger charge is 2.22. The molecule has 5 nitrogen and oxygen atoms in total. The first-order valence-corrected chi connectivity index (χ1v) is 10.7. The van der Waals surface area contributed by atoms with Gasteiger partial charge in [-0.2, -0.15) is 8.78 Å². The molecular formula is C24H24F2N4O. The molecule has 0 bridgehead atoms. The van der Waals surface area contributed by atoms with Crippen molar-refractivity contribution in [3.63, 3.8) is 0 Å². The van der Waals surface area contributed by atoms with Crippen molar-refractivity contribution in [3.05, 3.63) is 65.1 Å². The van der Waals surface area contributed by atoms with Crippen molar-refractivity contribution in [2.75, 3.05) is 6.54 Å². The molecule has 160 valence electrons. The van der Waals surface area contributed by atoms with Gasteiger partial charge in [0.25, 0.3) is 5.91 Å². The Kier molecular flexibility index (Phi) is 4.96. The van der Waals surface area contributed by atoms with E-state index in [0.717, 1.165) is 28.3 Å². The van der Waals surface area contributed by atoms with Crippen LogP contribution in [0.2, 0.25) is 0 Å². The third-order valence-electron chi connectivity index (χ3n) is 6.19. The van der Waals surface area contributed by atoms with E-state index in [9.17, 15) is 13.6 Å². The highest BCUT2D eigenvalue weighted by molar-refractivity contribution is 5.99. The Balaban J connectivity index is 1.36. The molecular weight excluding hydrogens is 398 g/mol. The van der Waals surface area contributed by atoms with Crippen LogP contribution in [0.25, 0.3) is 21.9 Å². The van der Waals surface area contributed by atoms with Crippen LogP contribution in [-0.2, 0) is 12.8 Å². The van der Waals surface area contributed by atoms with Crippen molar-refractivity contribution in [3.8, 4) is 0 Å². The van der Waals surface area contributed by atoms with Gasteiger partial charge >= 0.3 is 6.55 Å². The van der Waals surface area contributed by atoms with E-state index in [1.54, 1.807) is 37.3 Å². The molecule has 0 spiro atoms. The standard InChI is InChI=1S/C24H24F2N4O/c1-14(22-29-20-8-4-5-9-21(20)30(22)24(25)26)13-27-23(31)15-10-11-19-17(12-15)16-6-2-3-7-18(16)28-19/h4-5,8-12,14,24,28H,2-3,6-7,13H2,1H3,(H,27,31)/t14-/m1/s1. The molecule has 0 aliphatic heterocycles. The van der Waals surface area contributed by atoms with Gasteiger partial charge in [-0.15, -0.1) is 0 Å². The van der Waals surface area contributed by atoms with Crippen LogP contribution in [-0.4, -0.2) is 27.0 Å². The van der Waals surface area contributed by atoms with Gasteiger partial charge < -0.3 is 10.3 Å². The molecule has 2 heterocycles. The Morgan fingerprint density at radius 3 is 2.84 bits per heavy atom. The molecule has 0 fully saturated rings. The van der Waals surface area contributed by atoms with Crippen LogP contribution in [0.3, 0.4) is 0 Å². The predicted octanol–water partition coefficient (Wildman–Crippen LogP) is 5.33. The number of H-pyrrole nitrogens is 1. The summed E-state index contributed by atoms with van der Waals surface area (Å²) < 4.78 is 28.4. The van der Waals surface area contributed by atoms with Crippen LogP contribution in [0.1, 0.15) is 59.7 Å². The molecule has 0 saturated heterocycles. The summed E-state index contributed by atoms with van der Waals surface area (Å²) in [4.78, 5) is 20.7. The zero-order chi connectivity index (χ0) is 21.5. The highest BCUT2D eigenvalue weighted by Crippen LogP contribution is 2.30. The fraction of sp³-hybridized carbons (Fsp3) is 0.333. The number of rotatable bonds is 5. The molecule has 0 radical (unpaired) electrons. The number of benzene rings is 2. The third-order valence-corrected chi connectivity index (χ3v) is 6.19. The fourth-order valence-corrected chi connectivity index (χ4v) is 4.60. The monoisotopic (exact) mass is 422 g/mol. The molecule has 4 aromatic rings. The zero-order valence-corrected chi connectivity index (χ0v) is 17.3. The number of hydrogen-bond donors (Lipinski definition) is 2. The molecule has 0 unspecified atom stereocenters. The molecule has 7 heteroatoms. The SMILES string of the molecule is C[C@H](CNC(=O)c1ccc2[nH]c3c(c2c1)CCCC3)c1nc2ccccc2n1C(F)F. The zero-order valence-electron chi connectivity index (χ0n) is 17.3. The van der Waals surface area contributed by atoms with E-state index in [-0.39, 0.29) is 24.2 Å². The maximum absolute atomic E-state index is 13.7. The highest BCUT2D eigenvalue weighted by atomic mass is 19.3. The fourth-order valence-electron chi connectivity index (χ4n) is 4.60. The maximum Gasteiger partial charge on any atom is 0.320 e. The second kappa shape index (κ2) is 7.80. The van der Waals surface area contributed by atoms with Gasteiger partial charge in [0.15, 0.2) is 0 Å². The maximum atomic E-state index is 13.7. The Labute approximate surface area is 178 Å². The van der Waals surface area contributed by atoms with Crippen molar-refractivity contribution in [2.45, 2.75) is 45.1 Å². The van der Waals surface area contributed by atoms with Crippen LogP contribution >= 0.6 is 0 Å². The average Bonchev–Trinajstić information content (AvgIpc) is 3.35. The minimum atomic E-state index is -2.69. The molecule has 0 saturated carbocycles. The van der Waals surface area contributed by atoms with E-state index < -0.39 is 6.55 Å². The van der Waals surface area contributed by atoms with E-state index in [0.29, 0.717) is 16.6 Å². The Morgan fingerprint density at radius 1 is 1.19 bits per heavy atom. The number of fused-ring (bicyclic) bond motifs is 4. The number of halogens is 2. The number of alkyl halides is 2. The molecule has 2 N–H and O–H groups in total. The quantitative estimate of drug-likeness (QED) is 0.457. The number of aryl methyl sites for hydroxylation is 2. The number of aromatic nitrogens is 3. The smallest absolute Gasteiger partial charge is 0.320 e. The summed E-state index contributed by atoms with van der Waals surface area (Å²) in [6.07, 6.45) is 4.43. The van der Waals surface area contributed by atoms with Crippen molar-refractivity contribution >= 4 is 27.8 Å². The lowest BCUT2D eigenvalue weighted by Gasteiger charge is -2.15. The molecule has 2 aromatic carbocycles. The van der Waals surface area contributed by atoms with Crippen molar-refractivity contribution in [1.29, 1.82) is 0 Å². The number of nitrogens with zero attached hydrogens (tertiary/aromatic N) is 2. The van der Waals surface area contributed by atoms with E-state index in [2.05, 4.69) is 15.3 Å². The summed E-state index contributed by atoms with van der Waals surface area (Å²) in [6, 6.07) is 12.5. The third kappa shape index (κ3) is 3.48. The van der Waals surface area contributed by atoms with E-state index in [4.69, 9.17) is 0 Å². The van der Waals surface area contributed by atoms with E-state index in [1.165, 1.54) is 24.1 Å². The number of carbonyl (C=O) groups excluding carboxylic acids is 1. The number of imidazole rings is 1. The molecule has 31 heavy (non-hydrogen) atoms. The number of aromatic amines is 1. The van der Waals surface area contributed by atoms with Crippen molar-refractivity contribution in [1.82, 2.24) is 19.9 Å². The second-order valence-electron chi connectivity index (χ2n) is 8.27. The Bertz CT molecular complexity index is 1270. The lowest BCUT2D eigenvalue weighted by molar-refractivity contribution is 0.0704. The first kappa shape index (κ1) is 19.7. The lowest BCUT2D eigenvalue weighted by Crippen LogP contribution is -2.28. The summed E-state index contributed by atoms with van der Waals surface area (Å²) in [5, 5.41) is 4.00. The molecule has 1 aliphatic carbocycles. The normalized spacial score (nSPS) is 14.8. The van der Waals surface area contributed by atoms with Crippen molar-refractivity contribution < 1.29 is 13.6 Å². The number of para-hydroxylation sites is 2. The largest absolute Gasteiger partial charge is 0.358 e. The lowest BCUT2D eigenvalue weighted by atomic mass is 9.95. The van der Waals surface area contributed by atoms with Gasteiger partial charge in [0.05, 0.1) is 11.0 Å². The second-order valence-corrected chi connectivity index (χ2v) is 8.27. The minimum absolute atomic E-state index is 0.209. The van der Waals surface area contributed by atoms with Gasteiger partial charge in [-0.1, -0.05) is 19.1 Å². The number of amides is 1. The van der Waals surface area contributed by atoms with E-state index >= 15 is 0 Å². The van der Waals surface area contributed by atoms with Gasteiger partial charge in [0.2, 0.25) is 0 Å². The van der Waals surface area contributed by atoms with Gasteiger partial charge in [0, 0.05) is 34.6 Å².